The molecule has 2 aliphatic rings. The Morgan fingerprint density at radius 2 is 2.21 bits per heavy atom. The lowest BCUT2D eigenvalue weighted by atomic mass is 10.2. The van der Waals surface area contributed by atoms with E-state index in [1.807, 2.05) is 0 Å². The predicted molar refractivity (Wildman–Crippen MR) is 57.1 cm³/mol. The minimum absolute atomic E-state index is 0.422. The van der Waals surface area contributed by atoms with E-state index in [2.05, 4.69) is 0 Å². The molecule has 0 bridgehead atoms. The van der Waals surface area contributed by atoms with Crippen LogP contribution in [-0.2, 0) is 13.9 Å². The van der Waals surface area contributed by atoms with Gasteiger partial charge < -0.3 is 13.9 Å². The highest BCUT2D eigenvalue weighted by atomic mass is 28.2. The highest BCUT2D eigenvalue weighted by Crippen LogP contribution is 2.15. The van der Waals surface area contributed by atoms with Crippen LogP contribution in [0.15, 0.2) is 0 Å². The zero-order chi connectivity index (χ0) is 9.64. The van der Waals surface area contributed by atoms with E-state index in [1.165, 1.54) is 25.7 Å². The molecule has 0 aromatic heterocycles. The van der Waals surface area contributed by atoms with Crippen LogP contribution in [0.4, 0.5) is 0 Å². The van der Waals surface area contributed by atoms with Gasteiger partial charge in [0.1, 0.15) is 0 Å². The number of rotatable bonds is 6. The largest absolute Gasteiger partial charge is 0.421 e. The summed E-state index contributed by atoms with van der Waals surface area (Å²) in [5, 5.41) is 0. The predicted octanol–water partition coefficient (Wildman–Crippen LogP) is 0.792. The maximum Gasteiger partial charge on any atom is 0.190 e. The van der Waals surface area contributed by atoms with Crippen LogP contribution in [0.1, 0.15) is 32.1 Å². The molecule has 0 aromatic rings. The Morgan fingerprint density at radius 3 is 2.93 bits per heavy atom. The average molecular weight is 216 g/mol. The van der Waals surface area contributed by atoms with Gasteiger partial charge in [-0.2, -0.15) is 0 Å². The van der Waals surface area contributed by atoms with Crippen molar-refractivity contribution in [3.05, 3.63) is 0 Å². The summed E-state index contributed by atoms with van der Waals surface area (Å²) >= 11 is 0. The summed E-state index contributed by atoms with van der Waals surface area (Å²) in [6, 6.07) is 0. The van der Waals surface area contributed by atoms with Crippen molar-refractivity contribution in [2.75, 3.05) is 19.8 Å². The summed E-state index contributed by atoms with van der Waals surface area (Å²) < 4.78 is 16.5. The minimum atomic E-state index is -0.422. The van der Waals surface area contributed by atoms with Gasteiger partial charge in [-0.3, -0.25) is 0 Å². The third-order valence-corrected chi connectivity index (χ3v) is 4.33. The van der Waals surface area contributed by atoms with Gasteiger partial charge in [0, 0.05) is 13.2 Å². The third kappa shape index (κ3) is 4.08. The van der Waals surface area contributed by atoms with E-state index in [0.29, 0.717) is 11.8 Å². The van der Waals surface area contributed by atoms with Gasteiger partial charge >= 0.3 is 0 Å². The molecule has 0 aromatic carbocycles. The summed E-state index contributed by atoms with van der Waals surface area (Å²) in [4.78, 5) is 0. The van der Waals surface area contributed by atoms with Gasteiger partial charge in [0.05, 0.1) is 18.4 Å². The summed E-state index contributed by atoms with van der Waals surface area (Å²) in [5.74, 6) is 0. The molecule has 2 fully saturated rings. The fourth-order valence-electron chi connectivity index (χ4n) is 1.80. The Kier molecular flexibility index (Phi) is 4.43. The van der Waals surface area contributed by atoms with Crippen molar-refractivity contribution in [2.45, 2.75) is 43.9 Å². The highest BCUT2D eigenvalue weighted by Gasteiger charge is 2.21. The first-order chi connectivity index (χ1) is 6.95. The molecule has 2 rings (SSSR count). The fraction of sp³-hybridized carbons (Fsp3) is 1.00. The zero-order valence-electron chi connectivity index (χ0n) is 8.74. The summed E-state index contributed by atoms with van der Waals surface area (Å²) in [7, 11) is -0.422. The summed E-state index contributed by atoms with van der Waals surface area (Å²) in [5.41, 5.74) is 0.501. The molecule has 2 atom stereocenters. The van der Waals surface area contributed by atoms with E-state index in [0.717, 1.165) is 26.2 Å². The van der Waals surface area contributed by atoms with E-state index in [-0.39, 0.29) is 0 Å². The lowest BCUT2D eigenvalue weighted by molar-refractivity contribution is 0.0549. The maximum absolute atomic E-state index is 5.71. The van der Waals surface area contributed by atoms with Gasteiger partial charge in [-0.05, 0) is 32.1 Å². The molecule has 4 heteroatoms. The van der Waals surface area contributed by atoms with Crippen molar-refractivity contribution in [2.24, 2.45) is 0 Å². The molecule has 14 heavy (non-hydrogen) atoms. The smallest absolute Gasteiger partial charge is 0.190 e. The molecule has 2 aliphatic heterocycles. The molecule has 2 heterocycles. The van der Waals surface area contributed by atoms with Crippen molar-refractivity contribution in [3.8, 4) is 0 Å². The minimum Gasteiger partial charge on any atom is -0.421 e. The molecule has 0 spiro atoms. The van der Waals surface area contributed by atoms with Gasteiger partial charge in [-0.15, -0.1) is 0 Å². The molecule has 3 nitrogen and oxygen atoms in total. The Balaban J connectivity index is 1.41. The van der Waals surface area contributed by atoms with Gasteiger partial charge in [0.25, 0.3) is 0 Å². The molecule has 0 radical (unpaired) electrons. The van der Waals surface area contributed by atoms with E-state index < -0.39 is 9.76 Å². The normalized spacial score (nSPS) is 32.6. The number of ether oxygens (including phenoxy) is 2. The quantitative estimate of drug-likeness (QED) is 0.374. The third-order valence-electron chi connectivity index (χ3n) is 2.79. The molecule has 0 saturated carbocycles. The van der Waals surface area contributed by atoms with Crippen LogP contribution in [0.25, 0.3) is 0 Å². The first kappa shape index (κ1) is 10.6. The van der Waals surface area contributed by atoms with E-state index in [1.54, 1.807) is 0 Å². The first-order valence-electron chi connectivity index (χ1n) is 5.76. The molecule has 0 N–H and O–H groups in total. The monoisotopic (exact) mass is 216 g/mol. The van der Waals surface area contributed by atoms with Crippen molar-refractivity contribution in [1.29, 1.82) is 0 Å². The summed E-state index contributed by atoms with van der Waals surface area (Å²) in [6.07, 6.45) is 6.70. The second-order valence-corrected chi connectivity index (χ2v) is 5.81. The maximum atomic E-state index is 5.71. The van der Waals surface area contributed by atoms with Crippen LogP contribution >= 0.6 is 0 Å². The van der Waals surface area contributed by atoms with E-state index >= 15 is 0 Å². The van der Waals surface area contributed by atoms with Crippen molar-refractivity contribution in [1.82, 2.24) is 0 Å². The molecule has 82 valence electrons. The number of hydrogen-bond acceptors (Lipinski definition) is 3. The average Bonchev–Trinajstić information content (AvgIpc) is 3.03. The Bertz CT molecular complexity index is 155. The van der Waals surface area contributed by atoms with E-state index in [9.17, 15) is 0 Å². The second kappa shape index (κ2) is 5.85. The van der Waals surface area contributed by atoms with Crippen molar-refractivity contribution in [3.63, 3.8) is 0 Å². The van der Waals surface area contributed by atoms with Crippen LogP contribution in [-0.4, -0.2) is 41.4 Å². The van der Waals surface area contributed by atoms with Crippen LogP contribution in [0.3, 0.4) is 0 Å². The number of epoxide rings is 1. The number of hydrogen-bond donors (Lipinski definition) is 0. The Labute approximate surface area is 88.1 Å². The highest BCUT2D eigenvalue weighted by molar-refractivity contribution is 6.29. The molecule has 0 aliphatic carbocycles. The lowest BCUT2D eigenvalue weighted by Crippen LogP contribution is -2.27. The van der Waals surface area contributed by atoms with E-state index in [4.69, 9.17) is 13.9 Å². The fourth-order valence-corrected chi connectivity index (χ4v) is 3.15. The first-order valence-corrected chi connectivity index (χ1v) is 7.15. The van der Waals surface area contributed by atoms with Crippen LogP contribution < -0.4 is 0 Å². The van der Waals surface area contributed by atoms with Gasteiger partial charge in [0.15, 0.2) is 9.76 Å². The SMILES string of the molecule is C1CCC([SiH2]OCCCC2CO2)OC1. The van der Waals surface area contributed by atoms with Crippen LogP contribution in [0, 0.1) is 0 Å². The molecule has 2 unspecified atom stereocenters. The Morgan fingerprint density at radius 1 is 1.29 bits per heavy atom. The lowest BCUT2D eigenvalue weighted by Gasteiger charge is -2.21. The summed E-state index contributed by atoms with van der Waals surface area (Å²) in [6.45, 7) is 2.85. The standard InChI is InChI=1S/C10H20O3Si/c1-2-6-11-10(5-1)14-13-7-3-4-9-8-12-9/h9-10H,1-8,14H2. The van der Waals surface area contributed by atoms with Gasteiger partial charge in [-0.1, -0.05) is 0 Å². The molecule has 0 amide bonds. The topological polar surface area (TPSA) is 31.0 Å². The molecular weight excluding hydrogens is 196 g/mol. The molecular formula is C10H20O3Si. The Hall–Kier alpha value is 0.0969. The van der Waals surface area contributed by atoms with Crippen LogP contribution in [0.5, 0.6) is 0 Å². The van der Waals surface area contributed by atoms with Crippen LogP contribution in [0.2, 0.25) is 0 Å². The molecule has 2 saturated heterocycles. The van der Waals surface area contributed by atoms with Crippen molar-refractivity contribution < 1.29 is 13.9 Å². The van der Waals surface area contributed by atoms with Gasteiger partial charge in [-0.25, -0.2) is 0 Å². The zero-order valence-corrected chi connectivity index (χ0v) is 10.2. The van der Waals surface area contributed by atoms with Crippen molar-refractivity contribution >= 4 is 9.76 Å². The van der Waals surface area contributed by atoms with Gasteiger partial charge in [0.2, 0.25) is 0 Å². The second-order valence-electron chi connectivity index (χ2n) is 4.16.